The zero-order chi connectivity index (χ0) is 13.8. The summed E-state index contributed by atoms with van der Waals surface area (Å²) in [5.74, 6) is 0.515. The van der Waals surface area contributed by atoms with E-state index in [0.29, 0.717) is 22.9 Å². The first-order valence-corrected chi connectivity index (χ1v) is 7.04. The van der Waals surface area contributed by atoms with Gasteiger partial charge in [0.25, 0.3) is 5.91 Å². The van der Waals surface area contributed by atoms with Crippen LogP contribution in [0.1, 0.15) is 41.7 Å². The zero-order valence-corrected chi connectivity index (χ0v) is 12.0. The van der Waals surface area contributed by atoms with Gasteiger partial charge in [-0.05, 0) is 20.0 Å². The van der Waals surface area contributed by atoms with Crippen LogP contribution < -0.4 is 10.6 Å². The Balaban J connectivity index is 2.09. The minimum absolute atomic E-state index is 0.169. The maximum Gasteiger partial charge on any atom is 0.260 e. The second kappa shape index (κ2) is 5.99. The molecular weight excluding hydrogens is 262 g/mol. The van der Waals surface area contributed by atoms with E-state index in [-0.39, 0.29) is 11.9 Å². The first kappa shape index (κ1) is 13.8. The van der Waals surface area contributed by atoms with E-state index in [1.807, 2.05) is 26.3 Å². The van der Waals surface area contributed by atoms with Crippen LogP contribution in [-0.2, 0) is 6.42 Å². The molecule has 0 radical (unpaired) electrons. The van der Waals surface area contributed by atoms with E-state index >= 15 is 0 Å². The van der Waals surface area contributed by atoms with Crippen LogP contribution in [0.2, 0.25) is 0 Å². The molecule has 1 atom stereocenters. The largest absolute Gasteiger partial charge is 0.469 e. The molecule has 1 unspecified atom stereocenters. The van der Waals surface area contributed by atoms with Crippen molar-refractivity contribution in [2.24, 2.45) is 0 Å². The van der Waals surface area contributed by atoms with Crippen LogP contribution in [0.15, 0.2) is 22.1 Å². The second-order valence-electron chi connectivity index (χ2n) is 4.15. The predicted octanol–water partition coefficient (Wildman–Crippen LogP) is 2.83. The number of carbonyl (C=O) groups is 1. The van der Waals surface area contributed by atoms with Crippen LogP contribution in [-0.4, -0.2) is 17.9 Å². The van der Waals surface area contributed by atoms with E-state index in [2.05, 4.69) is 15.6 Å². The lowest BCUT2D eigenvalue weighted by Gasteiger charge is -2.05. The molecule has 2 aromatic heterocycles. The highest BCUT2D eigenvalue weighted by atomic mass is 32.1. The number of amides is 1. The number of anilines is 1. The molecule has 6 heteroatoms. The predicted molar refractivity (Wildman–Crippen MR) is 75.6 cm³/mol. The summed E-state index contributed by atoms with van der Waals surface area (Å²) in [5, 5.41) is 8.45. The van der Waals surface area contributed by atoms with E-state index in [0.717, 1.165) is 5.69 Å². The molecule has 2 heterocycles. The van der Waals surface area contributed by atoms with E-state index in [1.54, 1.807) is 6.07 Å². The molecule has 0 fully saturated rings. The Morgan fingerprint density at radius 2 is 2.37 bits per heavy atom. The molecule has 102 valence electrons. The van der Waals surface area contributed by atoms with Gasteiger partial charge in [0.2, 0.25) is 0 Å². The molecule has 0 bridgehead atoms. The van der Waals surface area contributed by atoms with Crippen LogP contribution in [0.25, 0.3) is 0 Å². The van der Waals surface area contributed by atoms with Crippen molar-refractivity contribution >= 4 is 22.4 Å². The smallest absolute Gasteiger partial charge is 0.260 e. The Hall–Kier alpha value is -1.66. The van der Waals surface area contributed by atoms with Gasteiger partial charge in [-0.2, -0.15) is 0 Å². The van der Waals surface area contributed by atoms with Crippen molar-refractivity contribution in [3.63, 3.8) is 0 Å². The molecule has 19 heavy (non-hydrogen) atoms. The molecule has 0 aliphatic heterocycles. The Morgan fingerprint density at radius 3 is 3.05 bits per heavy atom. The minimum atomic E-state index is -0.177. The summed E-state index contributed by atoms with van der Waals surface area (Å²) in [5.41, 5.74) is 1.49. The summed E-state index contributed by atoms with van der Waals surface area (Å²) in [6.45, 7) is 3.97. The highest BCUT2D eigenvalue weighted by Crippen LogP contribution is 2.21. The summed E-state index contributed by atoms with van der Waals surface area (Å²) < 4.78 is 5.25. The van der Waals surface area contributed by atoms with Gasteiger partial charge in [-0.3, -0.25) is 10.1 Å². The zero-order valence-electron chi connectivity index (χ0n) is 11.2. The van der Waals surface area contributed by atoms with Gasteiger partial charge < -0.3 is 9.73 Å². The lowest BCUT2D eigenvalue weighted by Crippen LogP contribution is -2.14. The average molecular weight is 279 g/mol. The summed E-state index contributed by atoms with van der Waals surface area (Å²) in [6, 6.07) is 1.85. The lowest BCUT2D eigenvalue weighted by atomic mass is 10.2. The van der Waals surface area contributed by atoms with Gasteiger partial charge >= 0.3 is 0 Å². The number of nitrogens with zero attached hydrogens (tertiary/aromatic N) is 1. The van der Waals surface area contributed by atoms with E-state index in [9.17, 15) is 4.79 Å². The monoisotopic (exact) mass is 279 g/mol. The fraction of sp³-hybridized carbons (Fsp3) is 0.385. The molecule has 0 aliphatic carbocycles. The first-order valence-electron chi connectivity index (χ1n) is 6.16. The van der Waals surface area contributed by atoms with Crippen molar-refractivity contribution in [3.8, 4) is 0 Å². The fourth-order valence-corrected chi connectivity index (χ4v) is 2.47. The van der Waals surface area contributed by atoms with E-state index < -0.39 is 0 Å². The number of hydrogen-bond donors (Lipinski definition) is 2. The van der Waals surface area contributed by atoms with E-state index in [1.165, 1.54) is 17.6 Å². The molecule has 0 saturated heterocycles. The fourth-order valence-electron chi connectivity index (χ4n) is 1.67. The van der Waals surface area contributed by atoms with Crippen LogP contribution in [0.5, 0.6) is 0 Å². The van der Waals surface area contributed by atoms with Gasteiger partial charge in [0.05, 0.1) is 17.5 Å². The number of nitrogens with one attached hydrogen (secondary N) is 2. The molecule has 0 aromatic carbocycles. The lowest BCUT2D eigenvalue weighted by molar-refractivity contribution is 0.102. The van der Waals surface area contributed by atoms with Crippen LogP contribution >= 0.6 is 11.3 Å². The van der Waals surface area contributed by atoms with E-state index in [4.69, 9.17) is 4.42 Å². The normalized spacial score (nSPS) is 12.4. The van der Waals surface area contributed by atoms with Crippen molar-refractivity contribution in [2.75, 3.05) is 12.4 Å². The quantitative estimate of drug-likeness (QED) is 0.883. The van der Waals surface area contributed by atoms with Crippen molar-refractivity contribution in [3.05, 3.63) is 34.7 Å². The molecule has 2 rings (SSSR count). The van der Waals surface area contributed by atoms with Crippen molar-refractivity contribution < 1.29 is 9.21 Å². The Labute approximate surface area is 116 Å². The molecular formula is C13H17N3O2S. The van der Waals surface area contributed by atoms with Crippen molar-refractivity contribution in [1.82, 2.24) is 10.3 Å². The average Bonchev–Trinajstić information content (AvgIpc) is 3.05. The topological polar surface area (TPSA) is 67.2 Å². The molecule has 2 aromatic rings. The number of rotatable bonds is 5. The molecule has 0 aliphatic rings. The summed E-state index contributed by atoms with van der Waals surface area (Å²) >= 11 is 1.42. The number of thiazole rings is 1. The highest BCUT2D eigenvalue weighted by molar-refractivity contribution is 7.14. The summed E-state index contributed by atoms with van der Waals surface area (Å²) in [7, 11) is 1.88. The number of furan rings is 1. The highest BCUT2D eigenvalue weighted by Gasteiger charge is 2.15. The summed E-state index contributed by atoms with van der Waals surface area (Å²) in [6.07, 6.45) is 2.22. The van der Waals surface area contributed by atoms with Crippen LogP contribution in [0.3, 0.4) is 0 Å². The number of hydrogen-bond acceptors (Lipinski definition) is 5. The van der Waals surface area contributed by atoms with Gasteiger partial charge in [-0.1, -0.05) is 6.92 Å². The first-order chi connectivity index (χ1) is 9.15. The van der Waals surface area contributed by atoms with Crippen LogP contribution in [0, 0.1) is 0 Å². The maximum atomic E-state index is 12.1. The minimum Gasteiger partial charge on any atom is -0.469 e. The van der Waals surface area contributed by atoms with Gasteiger partial charge in [-0.25, -0.2) is 4.98 Å². The number of aryl methyl sites for hydroxylation is 1. The summed E-state index contributed by atoms with van der Waals surface area (Å²) in [4.78, 5) is 16.5. The Morgan fingerprint density at radius 1 is 1.58 bits per heavy atom. The molecule has 0 spiro atoms. The maximum absolute atomic E-state index is 12.1. The third kappa shape index (κ3) is 3.02. The Kier molecular flexibility index (Phi) is 4.34. The van der Waals surface area contributed by atoms with Gasteiger partial charge in [0, 0.05) is 17.8 Å². The molecule has 2 N–H and O–H groups in total. The number of aromatic nitrogens is 1. The SMILES string of the molecule is CCc1occc1C(=O)Nc1nc(C(C)NC)cs1. The number of carbonyl (C=O) groups excluding carboxylic acids is 1. The molecule has 5 nitrogen and oxygen atoms in total. The molecule has 0 saturated carbocycles. The third-order valence-electron chi connectivity index (χ3n) is 2.93. The van der Waals surface area contributed by atoms with Crippen molar-refractivity contribution in [2.45, 2.75) is 26.3 Å². The van der Waals surface area contributed by atoms with Gasteiger partial charge in [0.1, 0.15) is 5.76 Å². The van der Waals surface area contributed by atoms with Crippen LogP contribution in [0.4, 0.5) is 5.13 Å². The molecule has 1 amide bonds. The van der Waals surface area contributed by atoms with Crippen molar-refractivity contribution in [1.29, 1.82) is 0 Å². The van der Waals surface area contributed by atoms with Gasteiger partial charge in [0.15, 0.2) is 5.13 Å². The standard InChI is InChI=1S/C13H17N3O2S/c1-4-11-9(5-6-18-11)12(17)16-13-15-10(7-19-13)8(2)14-3/h5-8,14H,4H2,1-3H3,(H,15,16,17). The van der Waals surface area contributed by atoms with Gasteiger partial charge in [-0.15, -0.1) is 11.3 Å². The third-order valence-corrected chi connectivity index (χ3v) is 3.71. The Bertz CT molecular complexity index is 562. The second-order valence-corrected chi connectivity index (χ2v) is 5.01.